The Kier molecular flexibility index (Phi) is 6.02. The van der Waals surface area contributed by atoms with Gasteiger partial charge in [-0.05, 0) is 48.4 Å². The summed E-state index contributed by atoms with van der Waals surface area (Å²) >= 11 is 12.2. The van der Waals surface area contributed by atoms with Crippen LogP contribution in [0.4, 0.5) is 0 Å². The largest absolute Gasteiger partial charge is 0.504 e. The summed E-state index contributed by atoms with van der Waals surface area (Å²) in [6.45, 7) is 0.386. The Labute approximate surface area is 188 Å². The number of nitrogens with zero attached hydrogens (tertiary/aromatic N) is 2. The Hall–Kier alpha value is -3.22. The van der Waals surface area contributed by atoms with E-state index in [4.69, 9.17) is 23.2 Å². The molecule has 0 aliphatic rings. The van der Waals surface area contributed by atoms with Gasteiger partial charge < -0.3 is 19.9 Å². The zero-order valence-corrected chi connectivity index (χ0v) is 17.9. The predicted molar refractivity (Wildman–Crippen MR) is 121 cm³/mol. The van der Waals surface area contributed by atoms with E-state index in [0.29, 0.717) is 34.4 Å². The summed E-state index contributed by atoms with van der Waals surface area (Å²) in [6, 6.07) is 15.5. The molecule has 4 aromatic rings. The maximum atomic E-state index is 12.7. The van der Waals surface area contributed by atoms with E-state index in [0.717, 1.165) is 16.8 Å². The molecule has 0 spiro atoms. The average Bonchev–Trinajstić information content (AvgIpc) is 3.08. The Morgan fingerprint density at radius 3 is 2.45 bits per heavy atom. The van der Waals surface area contributed by atoms with E-state index in [2.05, 4.69) is 10.3 Å². The third kappa shape index (κ3) is 4.76. The van der Waals surface area contributed by atoms with Crippen molar-refractivity contribution in [3.63, 3.8) is 0 Å². The van der Waals surface area contributed by atoms with Crippen LogP contribution in [0.5, 0.6) is 11.5 Å². The molecule has 0 saturated carbocycles. The molecule has 0 aliphatic carbocycles. The Balaban J connectivity index is 1.54. The normalized spacial score (nSPS) is 11.0. The van der Waals surface area contributed by atoms with Crippen LogP contribution in [0.3, 0.4) is 0 Å². The number of phenolic OH excluding ortho intramolecular Hbond substituents is 2. The second kappa shape index (κ2) is 8.88. The minimum absolute atomic E-state index is 0.111. The van der Waals surface area contributed by atoms with Gasteiger partial charge in [0.1, 0.15) is 5.65 Å². The number of carbonyl (C=O) groups excluding carboxylic acids is 1. The molecule has 0 bridgehead atoms. The molecular formula is C23H19Cl2N3O3. The van der Waals surface area contributed by atoms with Gasteiger partial charge in [0, 0.05) is 23.3 Å². The number of aromatic nitrogens is 2. The third-order valence-electron chi connectivity index (χ3n) is 4.90. The van der Waals surface area contributed by atoms with Gasteiger partial charge >= 0.3 is 0 Å². The van der Waals surface area contributed by atoms with Crippen LogP contribution >= 0.6 is 23.2 Å². The SMILES string of the molecule is O=C(Cc1c(-c2ccc(Cl)cc2)nc2ccc(Cl)cn12)NCCc1ccc(O)c(O)c1. The van der Waals surface area contributed by atoms with E-state index in [1.807, 2.05) is 16.5 Å². The minimum atomic E-state index is -0.181. The van der Waals surface area contributed by atoms with Crippen molar-refractivity contribution in [2.75, 3.05) is 6.54 Å². The van der Waals surface area contributed by atoms with Crippen molar-refractivity contribution < 1.29 is 15.0 Å². The number of pyridine rings is 1. The first kappa shape index (κ1) is 21.0. The summed E-state index contributed by atoms with van der Waals surface area (Å²) < 4.78 is 1.82. The zero-order valence-electron chi connectivity index (χ0n) is 16.3. The highest BCUT2D eigenvalue weighted by atomic mass is 35.5. The lowest BCUT2D eigenvalue weighted by Crippen LogP contribution is -2.27. The Morgan fingerprint density at radius 2 is 1.71 bits per heavy atom. The number of amides is 1. The summed E-state index contributed by atoms with van der Waals surface area (Å²) in [5.41, 5.74) is 3.76. The monoisotopic (exact) mass is 455 g/mol. The van der Waals surface area contributed by atoms with Gasteiger partial charge in [0.05, 0.1) is 22.8 Å². The molecule has 4 rings (SSSR count). The molecule has 0 aliphatic heterocycles. The van der Waals surface area contributed by atoms with Crippen LogP contribution in [0, 0.1) is 0 Å². The number of fused-ring (bicyclic) bond motifs is 1. The van der Waals surface area contributed by atoms with Crippen LogP contribution in [-0.4, -0.2) is 32.0 Å². The lowest BCUT2D eigenvalue weighted by atomic mass is 10.1. The van der Waals surface area contributed by atoms with E-state index in [1.165, 1.54) is 12.1 Å². The predicted octanol–water partition coefficient (Wildman–Crippen LogP) is 4.62. The number of benzene rings is 2. The fraction of sp³-hybridized carbons (Fsp3) is 0.130. The number of imidazole rings is 1. The van der Waals surface area contributed by atoms with Gasteiger partial charge in [-0.25, -0.2) is 4.98 Å². The van der Waals surface area contributed by atoms with Crippen molar-refractivity contribution in [2.45, 2.75) is 12.8 Å². The molecule has 3 N–H and O–H groups in total. The van der Waals surface area contributed by atoms with Gasteiger partial charge in [0.15, 0.2) is 11.5 Å². The smallest absolute Gasteiger partial charge is 0.226 e. The van der Waals surface area contributed by atoms with Gasteiger partial charge in [0.2, 0.25) is 5.91 Å². The number of phenols is 2. The molecule has 2 aromatic heterocycles. The highest BCUT2D eigenvalue weighted by Crippen LogP contribution is 2.28. The van der Waals surface area contributed by atoms with E-state index in [1.54, 1.807) is 36.5 Å². The lowest BCUT2D eigenvalue weighted by Gasteiger charge is -2.08. The number of carbonyl (C=O) groups is 1. The van der Waals surface area contributed by atoms with Crippen LogP contribution in [0.25, 0.3) is 16.9 Å². The molecule has 0 unspecified atom stereocenters. The average molecular weight is 456 g/mol. The first-order chi connectivity index (χ1) is 14.9. The highest BCUT2D eigenvalue weighted by Gasteiger charge is 2.17. The lowest BCUT2D eigenvalue weighted by molar-refractivity contribution is -0.120. The highest BCUT2D eigenvalue weighted by molar-refractivity contribution is 6.30. The molecule has 1 amide bonds. The molecule has 158 valence electrons. The van der Waals surface area contributed by atoms with E-state index in [9.17, 15) is 15.0 Å². The number of nitrogens with one attached hydrogen (secondary N) is 1. The van der Waals surface area contributed by atoms with Gasteiger partial charge in [-0.1, -0.05) is 41.4 Å². The Morgan fingerprint density at radius 1 is 0.968 bits per heavy atom. The van der Waals surface area contributed by atoms with Crippen LogP contribution in [0.1, 0.15) is 11.3 Å². The van der Waals surface area contributed by atoms with Crippen LogP contribution in [-0.2, 0) is 17.6 Å². The zero-order chi connectivity index (χ0) is 22.0. The molecule has 0 radical (unpaired) electrons. The standard InChI is InChI=1S/C23H19Cl2N3O3/c24-16-4-2-15(3-5-16)23-18(28-13-17(25)6-8-21(28)27-23)12-22(31)26-10-9-14-1-7-19(29)20(30)11-14/h1-8,11,13,29-30H,9-10,12H2,(H,26,31). The Bertz CT molecular complexity index is 1250. The maximum Gasteiger partial charge on any atom is 0.226 e. The van der Waals surface area contributed by atoms with Gasteiger partial charge in [-0.2, -0.15) is 0 Å². The number of hydrogen-bond donors (Lipinski definition) is 3. The van der Waals surface area contributed by atoms with Crippen LogP contribution in [0.15, 0.2) is 60.8 Å². The molecule has 0 atom stereocenters. The number of hydrogen-bond acceptors (Lipinski definition) is 4. The molecule has 31 heavy (non-hydrogen) atoms. The molecule has 6 nitrogen and oxygen atoms in total. The summed E-state index contributed by atoms with van der Waals surface area (Å²) in [5.74, 6) is -0.521. The molecule has 0 saturated heterocycles. The molecule has 0 fully saturated rings. The van der Waals surface area contributed by atoms with Gasteiger partial charge in [-0.3, -0.25) is 4.79 Å². The van der Waals surface area contributed by atoms with Crippen LogP contribution in [0.2, 0.25) is 10.0 Å². The molecule has 2 heterocycles. The second-order valence-corrected chi connectivity index (χ2v) is 7.96. The van der Waals surface area contributed by atoms with Crippen molar-refractivity contribution in [1.82, 2.24) is 14.7 Å². The van der Waals surface area contributed by atoms with Crippen molar-refractivity contribution in [2.24, 2.45) is 0 Å². The van der Waals surface area contributed by atoms with Crippen molar-refractivity contribution in [3.05, 3.63) is 82.1 Å². The van der Waals surface area contributed by atoms with Gasteiger partial charge in [0.25, 0.3) is 0 Å². The van der Waals surface area contributed by atoms with Crippen LogP contribution < -0.4 is 5.32 Å². The van der Waals surface area contributed by atoms with E-state index in [-0.39, 0.29) is 23.8 Å². The van der Waals surface area contributed by atoms with Crippen molar-refractivity contribution >= 4 is 34.8 Å². The minimum Gasteiger partial charge on any atom is -0.504 e. The second-order valence-electron chi connectivity index (χ2n) is 7.09. The van der Waals surface area contributed by atoms with Crippen molar-refractivity contribution in [3.8, 4) is 22.8 Å². The number of halogens is 2. The van der Waals surface area contributed by atoms with Crippen molar-refractivity contribution in [1.29, 1.82) is 0 Å². The van der Waals surface area contributed by atoms with E-state index >= 15 is 0 Å². The number of aromatic hydroxyl groups is 2. The quantitative estimate of drug-likeness (QED) is 0.370. The topological polar surface area (TPSA) is 86.9 Å². The number of rotatable bonds is 6. The maximum absolute atomic E-state index is 12.7. The fourth-order valence-corrected chi connectivity index (χ4v) is 3.65. The third-order valence-corrected chi connectivity index (χ3v) is 5.38. The summed E-state index contributed by atoms with van der Waals surface area (Å²) in [7, 11) is 0. The van der Waals surface area contributed by atoms with E-state index < -0.39 is 0 Å². The molecule has 2 aromatic carbocycles. The first-order valence-corrected chi connectivity index (χ1v) is 10.4. The fourth-order valence-electron chi connectivity index (χ4n) is 3.36. The van der Waals surface area contributed by atoms with Gasteiger partial charge in [-0.15, -0.1) is 0 Å². The summed E-state index contributed by atoms with van der Waals surface area (Å²) in [4.78, 5) is 17.4. The molecular weight excluding hydrogens is 437 g/mol. The molecule has 8 heteroatoms. The first-order valence-electron chi connectivity index (χ1n) is 9.60. The summed E-state index contributed by atoms with van der Waals surface area (Å²) in [5, 5.41) is 23.0. The summed E-state index contributed by atoms with van der Waals surface area (Å²) in [6.07, 6.45) is 2.37.